The lowest BCUT2D eigenvalue weighted by Crippen LogP contribution is -2.30. The molecule has 0 aliphatic heterocycles. The predicted molar refractivity (Wildman–Crippen MR) is 73.6 cm³/mol. The number of benzene rings is 1. The van der Waals surface area contributed by atoms with Crippen molar-refractivity contribution in [3.05, 3.63) is 29.8 Å². The van der Waals surface area contributed by atoms with Crippen molar-refractivity contribution >= 4 is 0 Å². The van der Waals surface area contributed by atoms with Crippen LogP contribution in [-0.4, -0.2) is 31.1 Å². The van der Waals surface area contributed by atoms with Crippen LogP contribution in [0, 0.1) is 22.7 Å². The molecule has 1 rings (SSSR count). The third kappa shape index (κ3) is 5.42. The molecule has 0 N–H and O–H groups in total. The molecule has 4 nitrogen and oxygen atoms in total. The van der Waals surface area contributed by atoms with E-state index in [4.69, 9.17) is 15.3 Å². The molecule has 0 bridgehead atoms. The van der Waals surface area contributed by atoms with Crippen molar-refractivity contribution in [3.63, 3.8) is 0 Å². The van der Waals surface area contributed by atoms with E-state index in [0.717, 1.165) is 18.7 Å². The average Bonchev–Trinajstić information content (AvgIpc) is 2.44. The molecule has 1 atom stereocenters. The Bertz CT molecular complexity index is 456. The van der Waals surface area contributed by atoms with Crippen LogP contribution in [0.3, 0.4) is 0 Å². The zero-order valence-electron chi connectivity index (χ0n) is 11.5. The summed E-state index contributed by atoms with van der Waals surface area (Å²) in [5.41, 5.74) is 0.636. The summed E-state index contributed by atoms with van der Waals surface area (Å²) >= 11 is 0. The summed E-state index contributed by atoms with van der Waals surface area (Å²) in [5.74, 6) is 0.784. The van der Waals surface area contributed by atoms with Gasteiger partial charge in [0, 0.05) is 12.6 Å². The third-order valence-corrected chi connectivity index (χ3v) is 3.05. The maximum Gasteiger partial charge on any atom is 0.119 e. The Labute approximate surface area is 114 Å². The highest BCUT2D eigenvalue weighted by Crippen LogP contribution is 2.11. The molecule has 100 valence electrons. The smallest absolute Gasteiger partial charge is 0.119 e. The summed E-state index contributed by atoms with van der Waals surface area (Å²) in [6.07, 6.45) is 1.46. The number of nitrogens with zero attached hydrogens (tertiary/aromatic N) is 3. The quantitative estimate of drug-likeness (QED) is 0.704. The van der Waals surface area contributed by atoms with Crippen LogP contribution in [-0.2, 0) is 0 Å². The van der Waals surface area contributed by atoms with Crippen molar-refractivity contribution in [2.75, 3.05) is 20.2 Å². The van der Waals surface area contributed by atoms with Crippen molar-refractivity contribution in [1.29, 1.82) is 10.5 Å². The summed E-state index contributed by atoms with van der Waals surface area (Å²) in [4.78, 5) is 2.16. The molecule has 0 amide bonds. The zero-order chi connectivity index (χ0) is 14.1. The van der Waals surface area contributed by atoms with Crippen LogP contribution in [0.25, 0.3) is 0 Å². The molecule has 0 saturated heterocycles. The molecule has 0 aliphatic rings. The molecular formula is C15H19N3O. The van der Waals surface area contributed by atoms with E-state index < -0.39 is 0 Å². The molecule has 0 radical (unpaired) electrons. The van der Waals surface area contributed by atoms with Crippen LogP contribution >= 0.6 is 0 Å². The van der Waals surface area contributed by atoms with Gasteiger partial charge in [0.25, 0.3) is 0 Å². The fourth-order valence-corrected chi connectivity index (χ4v) is 1.64. The van der Waals surface area contributed by atoms with E-state index >= 15 is 0 Å². The van der Waals surface area contributed by atoms with Gasteiger partial charge in [0.05, 0.1) is 30.7 Å². The second-order valence-electron chi connectivity index (χ2n) is 4.53. The Morgan fingerprint density at radius 2 is 1.95 bits per heavy atom. The Morgan fingerprint density at radius 1 is 1.26 bits per heavy atom. The van der Waals surface area contributed by atoms with Gasteiger partial charge in [-0.15, -0.1) is 0 Å². The van der Waals surface area contributed by atoms with Gasteiger partial charge in [-0.05, 0) is 44.7 Å². The number of hydrogen-bond donors (Lipinski definition) is 0. The molecule has 0 aliphatic carbocycles. The molecule has 0 aromatic heterocycles. The summed E-state index contributed by atoms with van der Waals surface area (Å²) < 4.78 is 5.59. The van der Waals surface area contributed by atoms with Crippen LogP contribution in [0.4, 0.5) is 0 Å². The maximum atomic E-state index is 8.68. The van der Waals surface area contributed by atoms with Crippen LogP contribution in [0.1, 0.15) is 25.3 Å². The SMILES string of the molecule is CC(CC#N)N(C)CCCOc1ccc(C#N)cc1. The molecule has 1 unspecified atom stereocenters. The fraction of sp³-hybridized carbons (Fsp3) is 0.467. The van der Waals surface area contributed by atoms with Crippen LogP contribution in [0.15, 0.2) is 24.3 Å². The highest BCUT2D eigenvalue weighted by atomic mass is 16.5. The van der Waals surface area contributed by atoms with E-state index in [-0.39, 0.29) is 6.04 Å². The van der Waals surface area contributed by atoms with Crippen molar-refractivity contribution in [2.45, 2.75) is 25.8 Å². The van der Waals surface area contributed by atoms with Gasteiger partial charge in [-0.3, -0.25) is 0 Å². The molecule has 0 saturated carbocycles. The predicted octanol–water partition coefficient (Wildman–Crippen LogP) is 2.56. The first-order valence-electron chi connectivity index (χ1n) is 6.37. The number of ether oxygens (including phenoxy) is 1. The van der Waals surface area contributed by atoms with E-state index in [1.54, 1.807) is 24.3 Å². The zero-order valence-corrected chi connectivity index (χ0v) is 11.5. The Balaban J connectivity index is 2.23. The maximum absolute atomic E-state index is 8.68. The van der Waals surface area contributed by atoms with Gasteiger partial charge in [0.2, 0.25) is 0 Å². The largest absolute Gasteiger partial charge is 0.494 e. The van der Waals surface area contributed by atoms with Crippen molar-refractivity contribution in [1.82, 2.24) is 4.90 Å². The minimum atomic E-state index is 0.278. The van der Waals surface area contributed by atoms with Crippen molar-refractivity contribution < 1.29 is 4.74 Å². The van der Waals surface area contributed by atoms with E-state index in [0.29, 0.717) is 18.6 Å². The minimum Gasteiger partial charge on any atom is -0.494 e. The summed E-state index contributed by atoms with van der Waals surface area (Å²) in [6.45, 7) is 3.58. The second kappa shape index (κ2) is 8.13. The minimum absolute atomic E-state index is 0.278. The number of nitriles is 2. The first-order chi connectivity index (χ1) is 9.17. The van der Waals surface area contributed by atoms with Crippen LogP contribution < -0.4 is 4.74 Å². The lowest BCUT2D eigenvalue weighted by Gasteiger charge is -2.22. The normalized spacial score (nSPS) is 11.6. The topological polar surface area (TPSA) is 60.1 Å². The van der Waals surface area contributed by atoms with Gasteiger partial charge in [0.1, 0.15) is 5.75 Å². The average molecular weight is 257 g/mol. The highest BCUT2D eigenvalue weighted by molar-refractivity contribution is 5.34. The van der Waals surface area contributed by atoms with Gasteiger partial charge < -0.3 is 9.64 Å². The van der Waals surface area contributed by atoms with Gasteiger partial charge in [-0.25, -0.2) is 0 Å². The summed E-state index contributed by atoms with van der Waals surface area (Å²) in [7, 11) is 2.02. The Hall–Kier alpha value is -2.04. The lowest BCUT2D eigenvalue weighted by molar-refractivity contribution is 0.226. The lowest BCUT2D eigenvalue weighted by atomic mass is 10.2. The van der Waals surface area contributed by atoms with E-state index in [1.165, 1.54) is 0 Å². The van der Waals surface area contributed by atoms with Crippen molar-refractivity contribution in [3.8, 4) is 17.9 Å². The second-order valence-corrected chi connectivity index (χ2v) is 4.53. The van der Waals surface area contributed by atoms with Crippen molar-refractivity contribution in [2.24, 2.45) is 0 Å². The molecule has 0 fully saturated rings. The Kier molecular flexibility index (Phi) is 6.43. The molecule has 0 spiro atoms. The first kappa shape index (κ1) is 15.0. The molecule has 19 heavy (non-hydrogen) atoms. The van der Waals surface area contributed by atoms with E-state index in [9.17, 15) is 0 Å². The first-order valence-corrected chi connectivity index (χ1v) is 6.37. The standard InChI is InChI=1S/C15H19N3O/c1-13(8-9-16)18(2)10-3-11-19-15-6-4-14(12-17)5-7-15/h4-7,13H,3,8,10-11H2,1-2H3. The van der Waals surface area contributed by atoms with Crippen LogP contribution in [0.2, 0.25) is 0 Å². The fourth-order valence-electron chi connectivity index (χ4n) is 1.64. The van der Waals surface area contributed by atoms with Gasteiger partial charge >= 0.3 is 0 Å². The van der Waals surface area contributed by atoms with Gasteiger partial charge in [0.15, 0.2) is 0 Å². The monoisotopic (exact) mass is 257 g/mol. The summed E-state index contributed by atoms with van der Waals surface area (Å²) in [6, 6.07) is 11.6. The number of rotatable bonds is 7. The Morgan fingerprint density at radius 3 is 2.53 bits per heavy atom. The molecule has 4 heteroatoms. The molecule has 1 aromatic carbocycles. The molecular weight excluding hydrogens is 238 g/mol. The molecule has 0 heterocycles. The van der Waals surface area contributed by atoms with E-state index in [1.807, 2.05) is 14.0 Å². The van der Waals surface area contributed by atoms with E-state index in [2.05, 4.69) is 17.0 Å². The highest BCUT2D eigenvalue weighted by Gasteiger charge is 2.07. The van der Waals surface area contributed by atoms with Gasteiger partial charge in [-0.2, -0.15) is 10.5 Å². The third-order valence-electron chi connectivity index (χ3n) is 3.05. The number of hydrogen-bond acceptors (Lipinski definition) is 4. The molecule has 1 aromatic rings. The summed E-state index contributed by atoms with van der Waals surface area (Å²) in [5, 5.41) is 17.3. The van der Waals surface area contributed by atoms with Crippen LogP contribution in [0.5, 0.6) is 5.75 Å². The van der Waals surface area contributed by atoms with Gasteiger partial charge in [-0.1, -0.05) is 0 Å².